The summed E-state index contributed by atoms with van der Waals surface area (Å²) in [7, 11) is 0. The van der Waals surface area contributed by atoms with Gasteiger partial charge in [0.05, 0.1) is 0 Å². The van der Waals surface area contributed by atoms with Gasteiger partial charge in [0.1, 0.15) is 0 Å². The molecular weight excluding hydrogens is 171 g/mol. The quantitative estimate of drug-likeness (QED) is 0.304. The first-order chi connectivity index (χ1) is 5.24. The van der Waals surface area contributed by atoms with Crippen molar-refractivity contribution in [2.24, 2.45) is 5.16 Å². The lowest BCUT2D eigenvalue weighted by molar-refractivity contribution is 0.321. The molecular formula is C6H4ClFN2O. The van der Waals surface area contributed by atoms with Crippen LogP contribution < -0.4 is 0 Å². The van der Waals surface area contributed by atoms with Gasteiger partial charge in [-0.15, -0.1) is 0 Å². The van der Waals surface area contributed by atoms with Crippen molar-refractivity contribution in [1.29, 1.82) is 0 Å². The largest absolute Gasteiger partial charge is 0.410 e. The third kappa shape index (κ3) is 1.88. The van der Waals surface area contributed by atoms with Crippen molar-refractivity contribution in [3.63, 3.8) is 0 Å². The summed E-state index contributed by atoms with van der Waals surface area (Å²) in [6.45, 7) is 0. The van der Waals surface area contributed by atoms with E-state index in [1.807, 2.05) is 0 Å². The van der Waals surface area contributed by atoms with Crippen molar-refractivity contribution in [3.8, 4) is 0 Å². The average Bonchev–Trinajstić information content (AvgIpc) is 2.05. The highest BCUT2D eigenvalue weighted by Crippen LogP contribution is 2.03. The van der Waals surface area contributed by atoms with Gasteiger partial charge in [-0.05, 0) is 12.1 Å². The van der Waals surface area contributed by atoms with Crippen molar-refractivity contribution in [1.82, 2.24) is 4.98 Å². The van der Waals surface area contributed by atoms with Crippen LogP contribution in [0.1, 0.15) is 5.56 Å². The molecule has 0 radical (unpaired) electrons. The lowest BCUT2D eigenvalue weighted by atomic mass is 10.3. The Morgan fingerprint density at radius 2 is 2.36 bits per heavy atom. The van der Waals surface area contributed by atoms with Crippen LogP contribution >= 0.6 is 11.6 Å². The zero-order valence-electron chi connectivity index (χ0n) is 5.33. The number of nitrogens with zero attached hydrogens (tertiary/aromatic N) is 2. The van der Waals surface area contributed by atoms with Gasteiger partial charge in [0.15, 0.2) is 5.17 Å². The topological polar surface area (TPSA) is 45.5 Å². The molecule has 0 amide bonds. The number of rotatable bonds is 1. The molecule has 1 rings (SSSR count). The first kappa shape index (κ1) is 7.94. The van der Waals surface area contributed by atoms with E-state index in [0.717, 1.165) is 6.07 Å². The summed E-state index contributed by atoms with van der Waals surface area (Å²) in [4.78, 5) is 3.31. The van der Waals surface area contributed by atoms with Crippen LogP contribution in [-0.2, 0) is 0 Å². The van der Waals surface area contributed by atoms with Gasteiger partial charge in [0, 0.05) is 11.8 Å². The number of pyridine rings is 1. The van der Waals surface area contributed by atoms with Gasteiger partial charge in [-0.1, -0.05) is 16.8 Å². The molecule has 1 N–H and O–H groups in total. The van der Waals surface area contributed by atoms with Crippen LogP contribution in [0.5, 0.6) is 0 Å². The molecule has 0 aliphatic heterocycles. The maximum atomic E-state index is 12.2. The minimum absolute atomic E-state index is 0.113. The Bertz CT molecular complexity index is 272. The average molecular weight is 175 g/mol. The Kier molecular flexibility index (Phi) is 2.38. The summed E-state index contributed by atoms with van der Waals surface area (Å²) in [6, 6.07) is 2.49. The normalized spacial score (nSPS) is 11.6. The molecule has 0 aliphatic rings. The smallest absolute Gasteiger partial charge is 0.212 e. The monoisotopic (exact) mass is 174 g/mol. The summed E-state index contributed by atoms with van der Waals surface area (Å²) in [6.07, 6.45) is 1.18. The first-order valence-corrected chi connectivity index (χ1v) is 3.11. The summed E-state index contributed by atoms with van der Waals surface area (Å²) in [5, 5.41) is 10.8. The van der Waals surface area contributed by atoms with E-state index in [1.165, 1.54) is 12.3 Å². The van der Waals surface area contributed by atoms with Crippen LogP contribution in [0.4, 0.5) is 4.39 Å². The molecule has 0 spiro atoms. The third-order valence-corrected chi connectivity index (χ3v) is 1.35. The highest BCUT2D eigenvalue weighted by Gasteiger charge is 1.99. The predicted octanol–water partition coefficient (Wildman–Crippen LogP) is 1.60. The second kappa shape index (κ2) is 3.30. The number of hydrogen-bond acceptors (Lipinski definition) is 3. The van der Waals surface area contributed by atoms with E-state index >= 15 is 0 Å². The van der Waals surface area contributed by atoms with Crippen molar-refractivity contribution in [2.45, 2.75) is 0 Å². The van der Waals surface area contributed by atoms with Gasteiger partial charge in [0.25, 0.3) is 0 Å². The lowest BCUT2D eigenvalue weighted by Gasteiger charge is -1.93. The predicted molar refractivity (Wildman–Crippen MR) is 38.4 cm³/mol. The van der Waals surface area contributed by atoms with Crippen molar-refractivity contribution in [3.05, 3.63) is 29.8 Å². The molecule has 1 heterocycles. The molecule has 0 aromatic carbocycles. The molecule has 3 nitrogen and oxygen atoms in total. The lowest BCUT2D eigenvalue weighted by Crippen LogP contribution is -1.92. The van der Waals surface area contributed by atoms with Gasteiger partial charge in [-0.3, -0.25) is 0 Å². The highest BCUT2D eigenvalue weighted by atomic mass is 35.5. The first-order valence-electron chi connectivity index (χ1n) is 2.73. The van der Waals surface area contributed by atoms with E-state index in [2.05, 4.69) is 10.1 Å². The highest BCUT2D eigenvalue weighted by molar-refractivity contribution is 6.69. The zero-order valence-corrected chi connectivity index (χ0v) is 6.09. The molecule has 58 valence electrons. The maximum absolute atomic E-state index is 12.2. The van der Waals surface area contributed by atoms with Crippen molar-refractivity contribution in [2.75, 3.05) is 0 Å². The minimum Gasteiger partial charge on any atom is -0.410 e. The van der Waals surface area contributed by atoms with Gasteiger partial charge in [-0.25, -0.2) is 4.98 Å². The molecule has 0 unspecified atom stereocenters. The van der Waals surface area contributed by atoms with Gasteiger partial charge in [0.2, 0.25) is 5.95 Å². The van der Waals surface area contributed by atoms with E-state index in [0.29, 0.717) is 5.56 Å². The number of oxime groups is 1. The third-order valence-electron chi connectivity index (χ3n) is 1.05. The van der Waals surface area contributed by atoms with Crippen LogP contribution in [0.3, 0.4) is 0 Å². The number of aromatic nitrogens is 1. The fourth-order valence-corrected chi connectivity index (χ4v) is 0.667. The van der Waals surface area contributed by atoms with Crippen LogP contribution in [0, 0.1) is 5.95 Å². The summed E-state index contributed by atoms with van der Waals surface area (Å²) < 4.78 is 12.2. The summed E-state index contributed by atoms with van der Waals surface area (Å²) in [5.74, 6) is -0.601. The van der Waals surface area contributed by atoms with Crippen molar-refractivity contribution >= 4 is 16.8 Å². The van der Waals surface area contributed by atoms with Crippen molar-refractivity contribution < 1.29 is 9.60 Å². The van der Waals surface area contributed by atoms with Crippen LogP contribution in [0.25, 0.3) is 0 Å². The van der Waals surface area contributed by atoms with Gasteiger partial charge < -0.3 is 5.21 Å². The molecule has 0 saturated carbocycles. The summed E-state index contributed by atoms with van der Waals surface area (Å²) >= 11 is 5.38. The number of halogens is 2. The fraction of sp³-hybridized carbons (Fsp3) is 0. The minimum atomic E-state index is -0.601. The molecule has 5 heteroatoms. The number of hydrogen-bond donors (Lipinski definition) is 1. The van der Waals surface area contributed by atoms with E-state index in [-0.39, 0.29) is 5.17 Å². The molecule has 0 bridgehead atoms. The maximum Gasteiger partial charge on any atom is 0.212 e. The SMILES string of the molecule is ON=C(Cl)c1ccc(F)nc1. The molecule has 1 aromatic rings. The van der Waals surface area contributed by atoms with Gasteiger partial charge in [-0.2, -0.15) is 4.39 Å². The van der Waals surface area contributed by atoms with Crippen LogP contribution in [0.2, 0.25) is 0 Å². The van der Waals surface area contributed by atoms with Crippen LogP contribution in [0.15, 0.2) is 23.5 Å². The molecule has 0 saturated heterocycles. The fourth-order valence-electron chi connectivity index (χ4n) is 0.556. The molecule has 0 atom stereocenters. The van der Waals surface area contributed by atoms with E-state index < -0.39 is 5.95 Å². The van der Waals surface area contributed by atoms with Crippen LogP contribution in [-0.4, -0.2) is 15.4 Å². The standard InChI is InChI=1S/C6H4ClFN2O/c7-6(10-11)4-1-2-5(8)9-3-4/h1-3,11H. The summed E-state index contributed by atoms with van der Waals surface area (Å²) in [5.41, 5.74) is 0.371. The molecule has 11 heavy (non-hydrogen) atoms. The Labute approximate surface area is 67.1 Å². The second-order valence-corrected chi connectivity index (χ2v) is 2.12. The Morgan fingerprint density at radius 1 is 1.64 bits per heavy atom. The zero-order chi connectivity index (χ0) is 8.27. The molecule has 1 aromatic heterocycles. The Balaban J connectivity index is 2.99. The van der Waals surface area contributed by atoms with E-state index in [1.54, 1.807) is 0 Å². The Morgan fingerprint density at radius 3 is 2.82 bits per heavy atom. The molecule has 0 aliphatic carbocycles. The second-order valence-electron chi connectivity index (χ2n) is 1.76. The Hall–Kier alpha value is -1.16. The van der Waals surface area contributed by atoms with Gasteiger partial charge >= 0.3 is 0 Å². The van der Waals surface area contributed by atoms with E-state index in [4.69, 9.17) is 16.8 Å². The van der Waals surface area contributed by atoms with E-state index in [9.17, 15) is 4.39 Å². The molecule has 0 fully saturated rings.